The maximum absolute atomic E-state index is 12.5. The molecule has 1 fully saturated rings. The summed E-state index contributed by atoms with van der Waals surface area (Å²) in [5, 5.41) is 3.13. The molecule has 0 aromatic heterocycles. The lowest BCUT2D eigenvalue weighted by Crippen LogP contribution is -2.50. The largest absolute Gasteiger partial charge is 0.343 e. The van der Waals surface area contributed by atoms with Gasteiger partial charge in [0.25, 0.3) is 0 Å². The van der Waals surface area contributed by atoms with Crippen LogP contribution in [0.5, 0.6) is 0 Å². The van der Waals surface area contributed by atoms with Gasteiger partial charge in [-0.2, -0.15) is 0 Å². The maximum Gasteiger partial charge on any atom is 0.317 e. The summed E-state index contributed by atoms with van der Waals surface area (Å²) in [5.41, 5.74) is 3.84. The number of benzene rings is 1. The second-order valence-corrected chi connectivity index (χ2v) is 7.02. The molecule has 1 N–H and O–H groups in total. The molecule has 134 valence electrons. The zero-order chi connectivity index (χ0) is 17.8. The number of likely N-dealkylation sites (tertiary alicyclic amines) is 1. The minimum absolute atomic E-state index is 0.0146. The Labute approximate surface area is 149 Å². The predicted octanol–water partition coefficient (Wildman–Crippen LogP) is 2.80. The first-order valence-electron chi connectivity index (χ1n) is 9.10. The summed E-state index contributed by atoms with van der Waals surface area (Å²) < 4.78 is 0. The molecule has 0 unspecified atom stereocenters. The van der Waals surface area contributed by atoms with Crippen molar-refractivity contribution in [1.29, 1.82) is 0 Å². The molecule has 1 aromatic rings. The fourth-order valence-electron chi connectivity index (χ4n) is 3.57. The Balaban J connectivity index is 1.51. The highest BCUT2D eigenvalue weighted by Gasteiger charge is 2.24. The lowest BCUT2D eigenvalue weighted by molar-refractivity contribution is -0.129. The Morgan fingerprint density at radius 3 is 2.48 bits per heavy atom. The SMILES string of the molecule is CC(=O)N1CCC(NC(=O)N2CC=C(c3cccc(C)c3)CC2)CC1. The van der Waals surface area contributed by atoms with Gasteiger partial charge in [-0.15, -0.1) is 0 Å². The Morgan fingerprint density at radius 2 is 1.88 bits per heavy atom. The monoisotopic (exact) mass is 341 g/mol. The van der Waals surface area contributed by atoms with E-state index >= 15 is 0 Å². The second kappa shape index (κ2) is 7.72. The van der Waals surface area contributed by atoms with Crippen LogP contribution >= 0.6 is 0 Å². The number of carbonyl (C=O) groups excluding carboxylic acids is 2. The van der Waals surface area contributed by atoms with Gasteiger partial charge in [0.15, 0.2) is 0 Å². The van der Waals surface area contributed by atoms with E-state index in [1.54, 1.807) is 6.92 Å². The van der Waals surface area contributed by atoms with Crippen LogP contribution in [0, 0.1) is 6.92 Å². The summed E-state index contributed by atoms with van der Waals surface area (Å²) in [6.45, 7) is 6.57. The van der Waals surface area contributed by atoms with Gasteiger partial charge in [-0.25, -0.2) is 4.79 Å². The van der Waals surface area contributed by atoms with Crippen LogP contribution in [0.3, 0.4) is 0 Å². The van der Waals surface area contributed by atoms with Crippen molar-refractivity contribution < 1.29 is 9.59 Å². The second-order valence-electron chi connectivity index (χ2n) is 7.02. The summed E-state index contributed by atoms with van der Waals surface area (Å²) in [6, 6.07) is 8.70. The topological polar surface area (TPSA) is 52.7 Å². The van der Waals surface area contributed by atoms with Gasteiger partial charge in [0.05, 0.1) is 0 Å². The molecule has 0 bridgehead atoms. The fraction of sp³-hybridized carbons (Fsp3) is 0.500. The molecule has 2 heterocycles. The number of carbonyl (C=O) groups is 2. The highest BCUT2D eigenvalue weighted by Crippen LogP contribution is 2.23. The van der Waals surface area contributed by atoms with Crippen LogP contribution in [0.1, 0.15) is 37.3 Å². The number of nitrogens with one attached hydrogen (secondary N) is 1. The number of rotatable bonds is 2. The lowest BCUT2D eigenvalue weighted by atomic mass is 9.98. The highest BCUT2D eigenvalue weighted by molar-refractivity contribution is 5.77. The third-order valence-electron chi connectivity index (χ3n) is 5.15. The molecule has 0 aliphatic carbocycles. The van der Waals surface area contributed by atoms with Gasteiger partial charge in [0.1, 0.15) is 0 Å². The number of amides is 3. The Bertz CT molecular complexity index is 675. The predicted molar refractivity (Wildman–Crippen MR) is 99.2 cm³/mol. The molecule has 2 aliphatic heterocycles. The Hall–Kier alpha value is -2.30. The molecular weight excluding hydrogens is 314 g/mol. The van der Waals surface area contributed by atoms with Crippen LogP contribution in [0.15, 0.2) is 30.3 Å². The third kappa shape index (κ3) is 4.41. The van der Waals surface area contributed by atoms with E-state index in [0.717, 1.165) is 38.9 Å². The number of piperidine rings is 1. The Morgan fingerprint density at radius 1 is 1.12 bits per heavy atom. The number of hydrogen-bond donors (Lipinski definition) is 1. The summed E-state index contributed by atoms with van der Waals surface area (Å²) in [6.07, 6.45) is 4.73. The van der Waals surface area contributed by atoms with Crippen LogP contribution in [0.25, 0.3) is 5.57 Å². The molecule has 1 saturated heterocycles. The van der Waals surface area contributed by atoms with Gasteiger partial charge < -0.3 is 15.1 Å². The van der Waals surface area contributed by atoms with Gasteiger partial charge in [0.2, 0.25) is 5.91 Å². The van der Waals surface area contributed by atoms with E-state index in [4.69, 9.17) is 0 Å². The zero-order valence-corrected chi connectivity index (χ0v) is 15.1. The summed E-state index contributed by atoms with van der Waals surface area (Å²) in [5.74, 6) is 0.120. The van der Waals surface area contributed by atoms with E-state index in [9.17, 15) is 9.59 Å². The van der Waals surface area contributed by atoms with Gasteiger partial charge in [-0.1, -0.05) is 35.9 Å². The molecule has 0 radical (unpaired) electrons. The van der Waals surface area contributed by atoms with E-state index in [2.05, 4.69) is 42.6 Å². The van der Waals surface area contributed by atoms with E-state index in [0.29, 0.717) is 6.54 Å². The van der Waals surface area contributed by atoms with Crippen LogP contribution < -0.4 is 5.32 Å². The lowest BCUT2D eigenvalue weighted by Gasteiger charge is -2.34. The first-order chi connectivity index (χ1) is 12.0. The highest BCUT2D eigenvalue weighted by atomic mass is 16.2. The van der Waals surface area contributed by atoms with Crippen molar-refractivity contribution in [2.75, 3.05) is 26.2 Å². The first-order valence-corrected chi connectivity index (χ1v) is 9.10. The van der Waals surface area contributed by atoms with E-state index in [1.807, 2.05) is 9.80 Å². The molecule has 2 aliphatic rings. The molecule has 0 atom stereocenters. The van der Waals surface area contributed by atoms with Crippen LogP contribution in [0.2, 0.25) is 0 Å². The summed E-state index contributed by atoms with van der Waals surface area (Å²) >= 11 is 0. The molecule has 25 heavy (non-hydrogen) atoms. The molecule has 3 amide bonds. The summed E-state index contributed by atoms with van der Waals surface area (Å²) in [7, 11) is 0. The van der Waals surface area contributed by atoms with Gasteiger partial charge in [0, 0.05) is 39.1 Å². The van der Waals surface area contributed by atoms with E-state index in [-0.39, 0.29) is 18.0 Å². The first kappa shape index (κ1) is 17.5. The molecule has 0 spiro atoms. The standard InChI is InChI=1S/C20H27N3O2/c1-15-4-3-5-18(14-15)17-6-10-23(11-7-17)20(25)21-19-8-12-22(13-9-19)16(2)24/h3-6,14,19H,7-13H2,1-2H3,(H,21,25). The van der Waals surface area contributed by atoms with Crippen molar-refractivity contribution >= 4 is 17.5 Å². The molecule has 5 heteroatoms. The van der Waals surface area contributed by atoms with Crippen molar-refractivity contribution in [3.63, 3.8) is 0 Å². The quantitative estimate of drug-likeness (QED) is 0.899. The molecule has 3 rings (SSSR count). The van der Waals surface area contributed by atoms with Crippen LogP contribution in [-0.2, 0) is 4.79 Å². The van der Waals surface area contributed by atoms with Crippen molar-refractivity contribution in [3.8, 4) is 0 Å². The minimum atomic E-state index is 0.0146. The minimum Gasteiger partial charge on any atom is -0.343 e. The van der Waals surface area contributed by atoms with Gasteiger partial charge in [-0.3, -0.25) is 4.79 Å². The van der Waals surface area contributed by atoms with Crippen molar-refractivity contribution in [1.82, 2.24) is 15.1 Å². The average molecular weight is 341 g/mol. The van der Waals surface area contributed by atoms with Gasteiger partial charge >= 0.3 is 6.03 Å². The molecule has 5 nitrogen and oxygen atoms in total. The van der Waals surface area contributed by atoms with Crippen molar-refractivity contribution in [2.45, 2.75) is 39.2 Å². The zero-order valence-electron chi connectivity index (χ0n) is 15.1. The molecular formula is C20H27N3O2. The number of hydrogen-bond acceptors (Lipinski definition) is 2. The van der Waals surface area contributed by atoms with Crippen LogP contribution in [-0.4, -0.2) is 54.0 Å². The average Bonchev–Trinajstić information content (AvgIpc) is 2.62. The third-order valence-corrected chi connectivity index (χ3v) is 5.15. The Kier molecular flexibility index (Phi) is 5.41. The van der Waals surface area contributed by atoms with E-state index in [1.165, 1.54) is 16.7 Å². The smallest absolute Gasteiger partial charge is 0.317 e. The number of nitrogens with zero attached hydrogens (tertiary/aromatic N) is 2. The normalized spacial score (nSPS) is 18.7. The van der Waals surface area contributed by atoms with Gasteiger partial charge in [-0.05, 0) is 37.3 Å². The molecule has 1 aromatic carbocycles. The number of aryl methyl sites for hydroxylation is 1. The summed E-state index contributed by atoms with van der Waals surface area (Å²) in [4.78, 5) is 27.6. The fourth-order valence-corrected chi connectivity index (χ4v) is 3.57. The van der Waals surface area contributed by atoms with Crippen LogP contribution in [0.4, 0.5) is 4.79 Å². The number of urea groups is 1. The van der Waals surface area contributed by atoms with Crippen molar-refractivity contribution in [2.24, 2.45) is 0 Å². The molecule has 0 saturated carbocycles. The maximum atomic E-state index is 12.5. The van der Waals surface area contributed by atoms with Crippen molar-refractivity contribution in [3.05, 3.63) is 41.5 Å². The van der Waals surface area contributed by atoms with E-state index < -0.39 is 0 Å².